The molecule has 2 N–H and O–H groups in total. The number of amides is 1. The SMILES string of the molecule is CC(C)CCNC(=O)Cc1c[nH]c2ccc(F)cc12. The van der Waals surface area contributed by atoms with Gasteiger partial charge in [0.1, 0.15) is 5.82 Å². The van der Waals surface area contributed by atoms with E-state index in [0.29, 0.717) is 12.5 Å². The number of nitrogens with one attached hydrogen (secondary N) is 2. The maximum absolute atomic E-state index is 13.2. The molecule has 0 spiro atoms. The molecule has 0 aliphatic heterocycles. The third kappa shape index (κ3) is 3.56. The average Bonchev–Trinajstić information content (AvgIpc) is 2.71. The molecule has 0 atom stereocenters. The summed E-state index contributed by atoms with van der Waals surface area (Å²) in [5.74, 6) is 0.266. The fourth-order valence-corrected chi connectivity index (χ4v) is 2.03. The molecule has 0 saturated carbocycles. The zero-order valence-electron chi connectivity index (χ0n) is 11.3. The van der Waals surface area contributed by atoms with Gasteiger partial charge in [-0.3, -0.25) is 4.79 Å². The second-order valence-electron chi connectivity index (χ2n) is 5.21. The monoisotopic (exact) mass is 262 g/mol. The highest BCUT2D eigenvalue weighted by Crippen LogP contribution is 2.19. The molecular formula is C15H19FN2O. The van der Waals surface area contributed by atoms with Crippen molar-refractivity contribution in [2.45, 2.75) is 26.7 Å². The molecular weight excluding hydrogens is 243 g/mol. The molecule has 2 aromatic rings. The number of hydrogen-bond donors (Lipinski definition) is 2. The van der Waals surface area contributed by atoms with Crippen LogP contribution in [0.25, 0.3) is 10.9 Å². The van der Waals surface area contributed by atoms with Crippen molar-refractivity contribution in [2.75, 3.05) is 6.54 Å². The van der Waals surface area contributed by atoms with Crippen LogP contribution in [0.5, 0.6) is 0 Å². The number of benzene rings is 1. The minimum Gasteiger partial charge on any atom is -0.361 e. The highest BCUT2D eigenvalue weighted by molar-refractivity contribution is 5.88. The van der Waals surface area contributed by atoms with Crippen molar-refractivity contribution in [1.82, 2.24) is 10.3 Å². The summed E-state index contributed by atoms with van der Waals surface area (Å²) in [5, 5.41) is 3.66. The second-order valence-corrected chi connectivity index (χ2v) is 5.21. The molecule has 1 aromatic heterocycles. The molecule has 4 heteroatoms. The van der Waals surface area contributed by atoms with Crippen LogP contribution in [0, 0.1) is 11.7 Å². The molecule has 0 aliphatic carbocycles. The lowest BCUT2D eigenvalue weighted by Gasteiger charge is -2.06. The molecule has 0 fully saturated rings. The maximum atomic E-state index is 13.2. The van der Waals surface area contributed by atoms with Crippen LogP contribution in [0.4, 0.5) is 4.39 Å². The Kier molecular flexibility index (Phi) is 4.20. The number of fused-ring (bicyclic) bond motifs is 1. The van der Waals surface area contributed by atoms with Crippen LogP contribution < -0.4 is 5.32 Å². The number of aromatic nitrogens is 1. The van der Waals surface area contributed by atoms with Gasteiger partial charge in [-0.2, -0.15) is 0 Å². The van der Waals surface area contributed by atoms with E-state index in [1.165, 1.54) is 12.1 Å². The molecule has 1 aromatic carbocycles. The van der Waals surface area contributed by atoms with E-state index in [0.717, 1.165) is 22.9 Å². The summed E-state index contributed by atoms with van der Waals surface area (Å²) in [6, 6.07) is 4.55. The third-order valence-corrected chi connectivity index (χ3v) is 3.12. The Hall–Kier alpha value is -1.84. The minimum absolute atomic E-state index is 0.0224. The number of aromatic amines is 1. The smallest absolute Gasteiger partial charge is 0.224 e. The first-order chi connectivity index (χ1) is 9.06. The summed E-state index contributed by atoms with van der Waals surface area (Å²) in [4.78, 5) is 14.9. The quantitative estimate of drug-likeness (QED) is 0.854. The summed E-state index contributed by atoms with van der Waals surface area (Å²) >= 11 is 0. The van der Waals surface area contributed by atoms with E-state index in [1.807, 2.05) is 0 Å². The van der Waals surface area contributed by atoms with Gasteiger partial charge in [-0.1, -0.05) is 13.8 Å². The number of halogens is 1. The van der Waals surface area contributed by atoms with Crippen LogP contribution in [0.3, 0.4) is 0 Å². The predicted molar refractivity (Wildman–Crippen MR) is 74.4 cm³/mol. The number of rotatable bonds is 5. The molecule has 3 nitrogen and oxygen atoms in total. The Morgan fingerprint density at radius 3 is 2.95 bits per heavy atom. The number of carbonyl (C=O) groups excluding carboxylic acids is 1. The standard InChI is InChI=1S/C15H19FN2O/c1-10(2)5-6-17-15(19)7-11-9-18-14-4-3-12(16)8-13(11)14/h3-4,8-10,18H,5-7H2,1-2H3,(H,17,19). The van der Waals surface area contributed by atoms with Gasteiger partial charge in [0.25, 0.3) is 0 Å². The number of hydrogen-bond acceptors (Lipinski definition) is 1. The second kappa shape index (κ2) is 5.87. The van der Waals surface area contributed by atoms with Crippen LogP contribution in [0.1, 0.15) is 25.8 Å². The van der Waals surface area contributed by atoms with E-state index >= 15 is 0 Å². The van der Waals surface area contributed by atoms with Crippen molar-refractivity contribution >= 4 is 16.8 Å². The van der Waals surface area contributed by atoms with Gasteiger partial charge in [0.15, 0.2) is 0 Å². The van der Waals surface area contributed by atoms with Crippen molar-refractivity contribution in [3.8, 4) is 0 Å². The lowest BCUT2D eigenvalue weighted by atomic mass is 10.1. The topological polar surface area (TPSA) is 44.9 Å². The summed E-state index contributed by atoms with van der Waals surface area (Å²) in [7, 11) is 0. The van der Waals surface area contributed by atoms with Gasteiger partial charge in [0.2, 0.25) is 5.91 Å². The lowest BCUT2D eigenvalue weighted by Crippen LogP contribution is -2.26. The van der Waals surface area contributed by atoms with E-state index in [-0.39, 0.29) is 18.1 Å². The van der Waals surface area contributed by atoms with Crippen molar-refractivity contribution in [1.29, 1.82) is 0 Å². The third-order valence-electron chi connectivity index (χ3n) is 3.12. The number of H-pyrrole nitrogens is 1. The van der Waals surface area contributed by atoms with Gasteiger partial charge < -0.3 is 10.3 Å². The largest absolute Gasteiger partial charge is 0.361 e. The van der Waals surface area contributed by atoms with Crippen molar-refractivity contribution < 1.29 is 9.18 Å². The Bertz CT molecular complexity index is 575. The fourth-order valence-electron chi connectivity index (χ4n) is 2.03. The van der Waals surface area contributed by atoms with Gasteiger partial charge in [0.05, 0.1) is 6.42 Å². The lowest BCUT2D eigenvalue weighted by molar-refractivity contribution is -0.120. The molecule has 1 heterocycles. The maximum Gasteiger partial charge on any atom is 0.224 e. The first-order valence-electron chi connectivity index (χ1n) is 6.58. The Labute approximate surface area is 112 Å². The Morgan fingerprint density at radius 1 is 1.42 bits per heavy atom. The minimum atomic E-state index is -0.284. The summed E-state index contributed by atoms with van der Waals surface area (Å²) in [5.41, 5.74) is 1.68. The molecule has 0 radical (unpaired) electrons. The van der Waals surface area contributed by atoms with Gasteiger partial charge in [-0.25, -0.2) is 4.39 Å². The molecule has 1 amide bonds. The predicted octanol–water partition coefficient (Wildman–Crippen LogP) is 3.01. The summed E-state index contributed by atoms with van der Waals surface area (Å²) in [6.45, 7) is 4.93. The van der Waals surface area contributed by atoms with Crippen molar-refractivity contribution in [3.63, 3.8) is 0 Å². The van der Waals surface area contributed by atoms with Gasteiger partial charge in [-0.15, -0.1) is 0 Å². The van der Waals surface area contributed by atoms with Gasteiger partial charge in [0, 0.05) is 23.6 Å². The van der Waals surface area contributed by atoms with E-state index in [9.17, 15) is 9.18 Å². The molecule has 0 bridgehead atoms. The highest BCUT2D eigenvalue weighted by atomic mass is 19.1. The van der Waals surface area contributed by atoms with Crippen LogP contribution in [0.2, 0.25) is 0 Å². The average molecular weight is 262 g/mol. The fraction of sp³-hybridized carbons (Fsp3) is 0.400. The first-order valence-corrected chi connectivity index (χ1v) is 6.58. The van der Waals surface area contributed by atoms with Gasteiger partial charge in [-0.05, 0) is 36.1 Å². The molecule has 0 saturated heterocycles. The molecule has 102 valence electrons. The van der Waals surface area contributed by atoms with Crippen LogP contribution in [0.15, 0.2) is 24.4 Å². The zero-order chi connectivity index (χ0) is 13.8. The van der Waals surface area contributed by atoms with Crippen molar-refractivity contribution in [2.24, 2.45) is 5.92 Å². The molecule has 0 aliphatic rings. The zero-order valence-corrected chi connectivity index (χ0v) is 11.3. The van der Waals surface area contributed by atoms with Gasteiger partial charge >= 0.3 is 0 Å². The normalized spacial score (nSPS) is 11.2. The van der Waals surface area contributed by atoms with Crippen LogP contribution >= 0.6 is 0 Å². The van der Waals surface area contributed by atoms with E-state index in [2.05, 4.69) is 24.1 Å². The van der Waals surface area contributed by atoms with Crippen molar-refractivity contribution in [3.05, 3.63) is 35.8 Å². The summed E-state index contributed by atoms with van der Waals surface area (Å²) < 4.78 is 13.2. The molecule has 2 rings (SSSR count). The Balaban J connectivity index is 2.01. The molecule has 0 unspecified atom stereocenters. The van der Waals surface area contributed by atoms with E-state index in [4.69, 9.17) is 0 Å². The molecule has 19 heavy (non-hydrogen) atoms. The summed E-state index contributed by atoms with van der Waals surface area (Å²) in [6.07, 6.45) is 3.02. The van der Waals surface area contributed by atoms with Crippen LogP contribution in [-0.4, -0.2) is 17.4 Å². The first kappa shape index (κ1) is 13.6. The number of carbonyl (C=O) groups is 1. The van der Waals surface area contributed by atoms with E-state index < -0.39 is 0 Å². The van der Waals surface area contributed by atoms with E-state index in [1.54, 1.807) is 12.3 Å². The van der Waals surface area contributed by atoms with Crippen LogP contribution in [-0.2, 0) is 11.2 Å². The Morgan fingerprint density at radius 2 is 2.21 bits per heavy atom. The highest BCUT2D eigenvalue weighted by Gasteiger charge is 2.09.